The number of sulfone groups is 1. The van der Waals surface area contributed by atoms with E-state index in [2.05, 4.69) is 0 Å². The molecule has 0 spiro atoms. The van der Waals surface area contributed by atoms with Crippen molar-refractivity contribution in [2.45, 2.75) is 51.3 Å². The molecule has 33 heavy (non-hydrogen) atoms. The molecule has 1 aromatic heterocycles. The van der Waals surface area contributed by atoms with Gasteiger partial charge in [0.2, 0.25) is 0 Å². The molecule has 0 unspecified atom stereocenters. The summed E-state index contributed by atoms with van der Waals surface area (Å²) in [5, 5.41) is 10.5. The molecular formula is C25H28ClNO5S. The number of carboxylic acid groups (broad SMARTS) is 1. The van der Waals surface area contributed by atoms with E-state index < -0.39 is 15.8 Å². The molecule has 0 atom stereocenters. The molecule has 0 saturated carbocycles. The number of halogens is 1. The zero-order valence-electron chi connectivity index (χ0n) is 19.2. The first-order valence-corrected chi connectivity index (χ1v) is 12.6. The number of carboxylic acids is 1. The molecule has 0 aliphatic heterocycles. The molecule has 0 radical (unpaired) electrons. The molecule has 2 aromatic carbocycles. The van der Waals surface area contributed by atoms with Crippen molar-refractivity contribution in [3.05, 3.63) is 81.1 Å². The maximum atomic E-state index is 13.2. The number of aromatic nitrogens is 1. The van der Waals surface area contributed by atoms with Gasteiger partial charge in [-0.05, 0) is 62.9 Å². The summed E-state index contributed by atoms with van der Waals surface area (Å²) in [4.78, 5) is 12.1. The average molecular weight is 490 g/mol. The fraction of sp³-hybridized carbons (Fsp3) is 0.320. The zero-order chi connectivity index (χ0) is 24.3. The first-order chi connectivity index (χ1) is 15.5. The molecule has 0 aliphatic carbocycles. The number of aromatic carboxylic acids is 1. The van der Waals surface area contributed by atoms with E-state index >= 15 is 0 Å². The molecule has 0 amide bonds. The lowest BCUT2D eigenvalue weighted by molar-refractivity contribution is 0.0683. The van der Waals surface area contributed by atoms with Gasteiger partial charge in [-0.25, -0.2) is 13.2 Å². The number of ether oxygens (including phenoxy) is 1. The highest BCUT2D eigenvalue weighted by molar-refractivity contribution is 7.90. The average Bonchev–Trinajstić information content (AvgIpc) is 3.00. The standard InChI is InChI=1S/C25H28ClNO5S/c1-16-13-21(14-17(2)22(16)26)32-12-8-11-27-19(4)24(18(3)23(27)25(28)29)33(30,31)15-20-9-6-5-7-10-20/h5-7,9-10,13-14H,8,11-12,15H2,1-4H3,(H,28,29). The topological polar surface area (TPSA) is 85.6 Å². The second-order valence-electron chi connectivity index (χ2n) is 8.16. The highest BCUT2D eigenvalue weighted by atomic mass is 35.5. The molecular weight excluding hydrogens is 462 g/mol. The Kier molecular flexibility index (Phi) is 7.55. The van der Waals surface area contributed by atoms with Crippen LogP contribution in [0.25, 0.3) is 0 Å². The van der Waals surface area contributed by atoms with Crippen molar-refractivity contribution in [1.29, 1.82) is 0 Å². The van der Waals surface area contributed by atoms with Crippen molar-refractivity contribution in [1.82, 2.24) is 4.57 Å². The quantitative estimate of drug-likeness (QED) is 0.400. The third kappa shape index (κ3) is 5.42. The van der Waals surface area contributed by atoms with Gasteiger partial charge < -0.3 is 14.4 Å². The van der Waals surface area contributed by atoms with Gasteiger partial charge in [-0.2, -0.15) is 0 Å². The second kappa shape index (κ2) is 10.0. The summed E-state index contributed by atoms with van der Waals surface area (Å²) in [6, 6.07) is 12.6. The normalized spacial score (nSPS) is 11.5. The van der Waals surface area contributed by atoms with Gasteiger partial charge in [0.1, 0.15) is 11.4 Å². The molecule has 3 rings (SSSR count). The van der Waals surface area contributed by atoms with Crippen LogP contribution >= 0.6 is 11.6 Å². The summed E-state index contributed by atoms with van der Waals surface area (Å²) < 4.78 is 33.8. The first kappa shape index (κ1) is 24.9. The summed E-state index contributed by atoms with van der Waals surface area (Å²) in [5.74, 6) is -0.641. The Morgan fingerprint density at radius 2 is 1.67 bits per heavy atom. The van der Waals surface area contributed by atoms with Gasteiger partial charge in [-0.3, -0.25) is 0 Å². The molecule has 176 valence electrons. The Bertz CT molecular complexity index is 1260. The largest absolute Gasteiger partial charge is 0.494 e. The van der Waals surface area contributed by atoms with Crippen molar-refractivity contribution < 1.29 is 23.1 Å². The third-order valence-corrected chi connectivity index (χ3v) is 8.15. The van der Waals surface area contributed by atoms with Crippen LogP contribution in [0.2, 0.25) is 5.02 Å². The number of nitrogens with zero attached hydrogens (tertiary/aromatic N) is 1. The Morgan fingerprint density at radius 1 is 1.06 bits per heavy atom. The van der Waals surface area contributed by atoms with Gasteiger partial charge in [-0.15, -0.1) is 0 Å². The Hall–Kier alpha value is -2.77. The van der Waals surface area contributed by atoms with Crippen LogP contribution in [0.15, 0.2) is 47.4 Å². The number of rotatable bonds is 9. The Morgan fingerprint density at radius 3 is 2.24 bits per heavy atom. The first-order valence-electron chi connectivity index (χ1n) is 10.6. The van der Waals surface area contributed by atoms with E-state index in [9.17, 15) is 18.3 Å². The molecule has 1 N–H and O–H groups in total. The minimum absolute atomic E-state index is 0.00248. The summed E-state index contributed by atoms with van der Waals surface area (Å²) in [6.45, 7) is 7.70. The van der Waals surface area contributed by atoms with Crippen LogP contribution < -0.4 is 4.74 Å². The van der Waals surface area contributed by atoms with Crippen LogP contribution in [-0.4, -0.2) is 30.7 Å². The van der Waals surface area contributed by atoms with Crippen LogP contribution in [0.1, 0.15) is 44.9 Å². The highest BCUT2D eigenvalue weighted by Crippen LogP contribution is 2.30. The van der Waals surface area contributed by atoms with E-state index in [0.29, 0.717) is 41.6 Å². The minimum atomic E-state index is -3.72. The number of carbonyl (C=O) groups is 1. The molecule has 0 bridgehead atoms. The van der Waals surface area contributed by atoms with Gasteiger partial charge >= 0.3 is 5.97 Å². The van der Waals surface area contributed by atoms with Crippen molar-refractivity contribution in [3.8, 4) is 5.75 Å². The SMILES string of the molecule is Cc1cc(OCCCn2c(C)c(S(=O)(=O)Cc3ccccc3)c(C)c2C(=O)O)cc(C)c1Cl. The predicted molar refractivity (Wildman–Crippen MR) is 129 cm³/mol. The summed E-state index contributed by atoms with van der Waals surface area (Å²) >= 11 is 6.20. The van der Waals surface area contributed by atoms with Gasteiger partial charge in [0.05, 0.1) is 17.3 Å². The molecule has 6 nitrogen and oxygen atoms in total. The van der Waals surface area contributed by atoms with Crippen molar-refractivity contribution >= 4 is 27.4 Å². The zero-order valence-corrected chi connectivity index (χ0v) is 20.8. The van der Waals surface area contributed by atoms with E-state index in [-0.39, 0.29) is 21.9 Å². The lowest BCUT2D eigenvalue weighted by Crippen LogP contribution is -2.13. The van der Waals surface area contributed by atoms with Crippen molar-refractivity contribution in [3.63, 3.8) is 0 Å². The summed E-state index contributed by atoms with van der Waals surface area (Å²) in [5.41, 5.74) is 3.19. The van der Waals surface area contributed by atoms with E-state index in [1.807, 2.05) is 32.0 Å². The predicted octanol–water partition coefficient (Wildman–Crippen LogP) is 5.52. The van der Waals surface area contributed by atoms with E-state index in [1.54, 1.807) is 42.7 Å². The summed E-state index contributed by atoms with van der Waals surface area (Å²) in [6.07, 6.45) is 0.508. The molecule has 8 heteroatoms. The molecule has 0 aliphatic rings. The number of aryl methyl sites for hydroxylation is 2. The lowest BCUT2D eigenvalue weighted by Gasteiger charge is -2.12. The third-order valence-electron chi connectivity index (χ3n) is 5.62. The lowest BCUT2D eigenvalue weighted by atomic mass is 10.1. The van der Waals surface area contributed by atoms with Crippen LogP contribution in [0.4, 0.5) is 0 Å². The van der Waals surface area contributed by atoms with Crippen LogP contribution in [0, 0.1) is 27.7 Å². The van der Waals surface area contributed by atoms with E-state index in [4.69, 9.17) is 16.3 Å². The Balaban J connectivity index is 1.82. The minimum Gasteiger partial charge on any atom is -0.494 e. The van der Waals surface area contributed by atoms with Crippen LogP contribution in [-0.2, 0) is 22.1 Å². The fourth-order valence-corrected chi connectivity index (χ4v) is 6.16. The van der Waals surface area contributed by atoms with Gasteiger partial charge in [0.15, 0.2) is 9.84 Å². The molecule has 3 aromatic rings. The highest BCUT2D eigenvalue weighted by Gasteiger charge is 2.30. The maximum absolute atomic E-state index is 13.2. The van der Waals surface area contributed by atoms with Gasteiger partial charge in [-0.1, -0.05) is 41.9 Å². The van der Waals surface area contributed by atoms with Crippen LogP contribution in [0.3, 0.4) is 0 Å². The van der Waals surface area contributed by atoms with Gasteiger partial charge in [0.25, 0.3) is 0 Å². The van der Waals surface area contributed by atoms with E-state index in [0.717, 1.165) is 11.1 Å². The molecule has 0 saturated heterocycles. The monoisotopic (exact) mass is 489 g/mol. The number of hydrogen-bond donors (Lipinski definition) is 1. The van der Waals surface area contributed by atoms with E-state index in [1.165, 1.54) is 0 Å². The van der Waals surface area contributed by atoms with Crippen molar-refractivity contribution in [2.24, 2.45) is 0 Å². The number of benzene rings is 2. The van der Waals surface area contributed by atoms with Crippen LogP contribution in [0.5, 0.6) is 5.75 Å². The Labute approximate surface area is 199 Å². The molecule has 0 fully saturated rings. The smallest absolute Gasteiger partial charge is 0.352 e. The molecule has 1 heterocycles. The van der Waals surface area contributed by atoms with Crippen molar-refractivity contribution in [2.75, 3.05) is 6.61 Å². The van der Waals surface area contributed by atoms with Gasteiger partial charge in [0, 0.05) is 22.8 Å². The number of hydrogen-bond acceptors (Lipinski definition) is 4. The maximum Gasteiger partial charge on any atom is 0.352 e. The fourth-order valence-electron chi connectivity index (χ4n) is 4.15. The second-order valence-corrected chi connectivity index (χ2v) is 10.5. The summed E-state index contributed by atoms with van der Waals surface area (Å²) in [7, 11) is -3.72.